The third-order valence-electron chi connectivity index (χ3n) is 2.86. The fraction of sp³-hybridized carbons (Fsp3) is 0.467. The minimum atomic E-state index is -0.517. The molecule has 0 fully saturated rings. The number of nitrogens with zero attached hydrogens (tertiary/aromatic N) is 1. The number of carbonyl (C=O) groups excluding carboxylic acids is 4. The number of hydrogen-bond acceptors (Lipinski definition) is 4. The Kier molecular flexibility index (Phi) is 10.6. The second kappa shape index (κ2) is 12.0. The lowest BCUT2D eigenvalue weighted by atomic mass is 10.2. The Balaban J connectivity index is 4.02. The Hall–Kier alpha value is -2.64. The highest BCUT2D eigenvalue weighted by atomic mass is 16.2. The fourth-order valence-corrected chi connectivity index (χ4v) is 1.52. The summed E-state index contributed by atoms with van der Waals surface area (Å²) < 4.78 is 0. The third-order valence-corrected chi connectivity index (χ3v) is 2.86. The lowest BCUT2D eigenvalue weighted by molar-refractivity contribution is -0.117. The van der Waals surface area contributed by atoms with E-state index in [1.54, 1.807) is 0 Å². The molecular formula is C15H24N4O4. The molecule has 0 radical (unpaired) electrons. The van der Waals surface area contributed by atoms with E-state index in [0.29, 0.717) is 32.5 Å². The van der Waals surface area contributed by atoms with Gasteiger partial charge >= 0.3 is 6.03 Å². The van der Waals surface area contributed by atoms with Gasteiger partial charge in [0.1, 0.15) is 0 Å². The molecule has 8 heteroatoms. The molecule has 5 amide bonds. The minimum absolute atomic E-state index is 0.00299. The molecule has 3 N–H and O–H groups in total. The van der Waals surface area contributed by atoms with Crippen LogP contribution >= 0.6 is 0 Å². The lowest BCUT2D eigenvalue weighted by Gasteiger charge is -2.18. The highest BCUT2D eigenvalue weighted by Gasteiger charge is 2.13. The number of hydrogen-bond donors (Lipinski definition) is 3. The number of rotatable bonds is 11. The van der Waals surface area contributed by atoms with E-state index in [9.17, 15) is 19.2 Å². The maximum absolute atomic E-state index is 11.8. The van der Waals surface area contributed by atoms with E-state index in [4.69, 9.17) is 0 Å². The van der Waals surface area contributed by atoms with Gasteiger partial charge in [0.2, 0.25) is 18.2 Å². The highest BCUT2D eigenvalue weighted by molar-refractivity contribution is 5.87. The van der Waals surface area contributed by atoms with E-state index >= 15 is 0 Å². The first-order valence-corrected chi connectivity index (χ1v) is 7.24. The van der Waals surface area contributed by atoms with E-state index in [-0.39, 0.29) is 24.3 Å². The van der Waals surface area contributed by atoms with Crippen LogP contribution in [0.15, 0.2) is 25.3 Å². The van der Waals surface area contributed by atoms with Crippen molar-refractivity contribution in [1.82, 2.24) is 20.9 Å². The summed E-state index contributed by atoms with van der Waals surface area (Å²) in [7, 11) is 0. The Morgan fingerprint density at radius 2 is 1.61 bits per heavy atom. The molecule has 0 bridgehead atoms. The molecule has 1 unspecified atom stereocenters. The van der Waals surface area contributed by atoms with Gasteiger partial charge in [-0.25, -0.2) is 4.79 Å². The van der Waals surface area contributed by atoms with Crippen molar-refractivity contribution in [2.75, 3.05) is 26.2 Å². The number of carbonyl (C=O) groups is 4. The summed E-state index contributed by atoms with van der Waals surface area (Å²) in [5.41, 5.74) is 0. The average molecular weight is 324 g/mol. The van der Waals surface area contributed by atoms with Gasteiger partial charge in [-0.3, -0.25) is 19.3 Å². The highest BCUT2D eigenvalue weighted by Crippen LogP contribution is 1.93. The Labute approximate surface area is 136 Å². The van der Waals surface area contributed by atoms with Crippen LogP contribution in [0.5, 0.6) is 0 Å². The Morgan fingerprint density at radius 1 is 1.04 bits per heavy atom. The van der Waals surface area contributed by atoms with Gasteiger partial charge in [-0.15, -0.1) is 0 Å². The van der Waals surface area contributed by atoms with Gasteiger partial charge in [-0.05, 0) is 24.5 Å². The van der Waals surface area contributed by atoms with E-state index in [1.807, 2.05) is 6.92 Å². The van der Waals surface area contributed by atoms with Crippen molar-refractivity contribution in [1.29, 1.82) is 0 Å². The molecule has 0 aromatic rings. The first-order chi connectivity index (χ1) is 10.9. The van der Waals surface area contributed by atoms with Crippen molar-refractivity contribution in [3.63, 3.8) is 0 Å². The van der Waals surface area contributed by atoms with E-state index in [2.05, 4.69) is 29.1 Å². The Morgan fingerprint density at radius 3 is 2.17 bits per heavy atom. The third kappa shape index (κ3) is 9.83. The average Bonchev–Trinajstić information content (AvgIpc) is 2.57. The second-order valence-corrected chi connectivity index (χ2v) is 4.89. The van der Waals surface area contributed by atoms with E-state index < -0.39 is 6.03 Å². The molecule has 0 heterocycles. The van der Waals surface area contributed by atoms with Gasteiger partial charge in [0.25, 0.3) is 0 Å². The van der Waals surface area contributed by atoms with E-state index in [0.717, 1.165) is 11.0 Å². The van der Waals surface area contributed by atoms with Crippen LogP contribution in [0.25, 0.3) is 0 Å². The smallest absolute Gasteiger partial charge is 0.323 e. The molecule has 0 aliphatic heterocycles. The van der Waals surface area contributed by atoms with Crippen molar-refractivity contribution >= 4 is 24.3 Å². The van der Waals surface area contributed by atoms with Crippen LogP contribution in [0.2, 0.25) is 0 Å². The van der Waals surface area contributed by atoms with Crippen LogP contribution in [0, 0.1) is 5.92 Å². The van der Waals surface area contributed by atoms with Crippen molar-refractivity contribution in [2.24, 2.45) is 5.92 Å². The standard InChI is InChI=1S/C15H24N4O4/c1-4-13(21)16-7-6-8-19(11-20)15(23)18-10-12(3)9-17-14(22)5-2/h4-5,11-12H,1-2,6-10H2,3H3,(H,16,21)(H,17,22)(H,18,23). The zero-order valence-electron chi connectivity index (χ0n) is 13.3. The molecule has 0 rings (SSSR count). The molecule has 0 spiro atoms. The summed E-state index contributed by atoms with van der Waals surface area (Å²) in [6.45, 7) is 9.73. The molecule has 0 aromatic carbocycles. The van der Waals surface area contributed by atoms with Crippen molar-refractivity contribution in [3.05, 3.63) is 25.3 Å². The van der Waals surface area contributed by atoms with Gasteiger partial charge in [-0.1, -0.05) is 20.1 Å². The van der Waals surface area contributed by atoms with Gasteiger partial charge < -0.3 is 16.0 Å². The summed E-state index contributed by atoms with van der Waals surface area (Å²) >= 11 is 0. The molecule has 0 saturated carbocycles. The van der Waals surface area contributed by atoms with Gasteiger partial charge in [0, 0.05) is 26.2 Å². The summed E-state index contributed by atoms with van der Waals surface area (Å²) in [6, 6.07) is -0.517. The number of imide groups is 1. The zero-order chi connectivity index (χ0) is 17.7. The quantitative estimate of drug-likeness (QED) is 0.277. The Bertz CT molecular complexity index is 451. The first kappa shape index (κ1) is 20.4. The maximum Gasteiger partial charge on any atom is 0.323 e. The van der Waals surface area contributed by atoms with Crippen LogP contribution < -0.4 is 16.0 Å². The lowest BCUT2D eigenvalue weighted by Crippen LogP contribution is -2.43. The number of urea groups is 1. The molecule has 8 nitrogen and oxygen atoms in total. The molecule has 23 heavy (non-hydrogen) atoms. The summed E-state index contributed by atoms with van der Waals surface area (Å²) in [5.74, 6) is -0.579. The van der Waals surface area contributed by atoms with Gasteiger partial charge in [0.15, 0.2) is 0 Å². The molecule has 1 atom stereocenters. The van der Waals surface area contributed by atoms with Crippen LogP contribution in [0.4, 0.5) is 4.79 Å². The van der Waals surface area contributed by atoms with Crippen LogP contribution in [0.1, 0.15) is 13.3 Å². The molecular weight excluding hydrogens is 300 g/mol. The normalized spacial score (nSPS) is 10.8. The SMILES string of the molecule is C=CC(=O)NCCCN(C=O)C(=O)NCC(C)CNC(=O)C=C. The molecule has 0 aromatic heterocycles. The second-order valence-electron chi connectivity index (χ2n) is 4.89. The van der Waals surface area contributed by atoms with Crippen molar-refractivity contribution in [3.8, 4) is 0 Å². The van der Waals surface area contributed by atoms with Gasteiger partial charge in [-0.2, -0.15) is 0 Å². The van der Waals surface area contributed by atoms with Crippen LogP contribution in [-0.2, 0) is 14.4 Å². The fourth-order valence-electron chi connectivity index (χ4n) is 1.52. The minimum Gasteiger partial charge on any atom is -0.353 e. The summed E-state index contributed by atoms with van der Waals surface area (Å²) in [6.07, 6.45) is 3.20. The largest absolute Gasteiger partial charge is 0.353 e. The molecule has 0 aliphatic rings. The number of amides is 5. The van der Waals surface area contributed by atoms with Crippen LogP contribution in [0.3, 0.4) is 0 Å². The van der Waals surface area contributed by atoms with Crippen LogP contribution in [-0.4, -0.2) is 55.3 Å². The van der Waals surface area contributed by atoms with Crippen molar-refractivity contribution < 1.29 is 19.2 Å². The number of nitrogens with one attached hydrogen (secondary N) is 3. The monoisotopic (exact) mass is 324 g/mol. The molecule has 0 aliphatic carbocycles. The van der Waals surface area contributed by atoms with Crippen molar-refractivity contribution in [2.45, 2.75) is 13.3 Å². The first-order valence-electron chi connectivity index (χ1n) is 7.24. The molecule has 0 saturated heterocycles. The van der Waals surface area contributed by atoms with E-state index in [1.165, 1.54) is 6.08 Å². The topological polar surface area (TPSA) is 108 Å². The summed E-state index contributed by atoms with van der Waals surface area (Å²) in [4.78, 5) is 45.7. The maximum atomic E-state index is 11.8. The van der Waals surface area contributed by atoms with Gasteiger partial charge in [0.05, 0.1) is 0 Å². The zero-order valence-corrected chi connectivity index (χ0v) is 13.3. The predicted molar refractivity (Wildman–Crippen MR) is 86.4 cm³/mol. The predicted octanol–water partition coefficient (Wildman–Crippen LogP) is -0.215. The molecule has 128 valence electrons. The summed E-state index contributed by atoms with van der Waals surface area (Å²) in [5, 5.41) is 7.78.